The minimum Gasteiger partial charge on any atom is -0.496 e. The van der Waals surface area contributed by atoms with Crippen LogP contribution in [0.25, 0.3) is 11.3 Å². The maximum Gasteiger partial charge on any atom is 0.259 e. The highest BCUT2D eigenvalue weighted by atomic mass is 16.5. The molecule has 0 saturated carbocycles. The molecule has 1 aliphatic heterocycles. The fraction of sp³-hybridized carbons (Fsp3) is 0.238. The first-order valence-corrected chi connectivity index (χ1v) is 8.86. The molecule has 4 rings (SSSR count). The van der Waals surface area contributed by atoms with E-state index < -0.39 is 0 Å². The zero-order chi connectivity index (χ0) is 17.9. The first-order valence-electron chi connectivity index (χ1n) is 8.86. The molecule has 5 nitrogen and oxygen atoms in total. The Morgan fingerprint density at radius 2 is 1.92 bits per heavy atom. The number of imidazole rings is 1. The van der Waals surface area contributed by atoms with E-state index in [0.29, 0.717) is 11.3 Å². The zero-order valence-electron chi connectivity index (χ0n) is 14.7. The number of methoxy groups -OCH3 is 1. The first kappa shape index (κ1) is 16.4. The van der Waals surface area contributed by atoms with E-state index in [1.807, 2.05) is 36.4 Å². The Hall–Kier alpha value is -3.08. The maximum absolute atomic E-state index is 12.8. The van der Waals surface area contributed by atoms with Gasteiger partial charge in [0.25, 0.3) is 5.91 Å². The lowest BCUT2D eigenvalue weighted by Gasteiger charge is -2.12. The topological polar surface area (TPSA) is 56.1 Å². The van der Waals surface area contributed by atoms with Crippen LogP contribution < -0.4 is 10.1 Å². The molecule has 1 aliphatic rings. The SMILES string of the molecule is COc1ccccc1C(=O)Nc1ccccc1-c1cn2c(n1)CCCC2. The Labute approximate surface area is 152 Å². The van der Waals surface area contributed by atoms with Gasteiger partial charge in [-0.2, -0.15) is 0 Å². The second-order valence-corrected chi connectivity index (χ2v) is 6.39. The second-order valence-electron chi connectivity index (χ2n) is 6.39. The molecular weight excluding hydrogens is 326 g/mol. The summed E-state index contributed by atoms with van der Waals surface area (Å²) in [6.45, 7) is 1.01. The number of benzene rings is 2. The van der Waals surface area contributed by atoms with Gasteiger partial charge in [-0.15, -0.1) is 0 Å². The number of aryl methyl sites for hydroxylation is 2. The summed E-state index contributed by atoms with van der Waals surface area (Å²) in [7, 11) is 1.57. The van der Waals surface area contributed by atoms with Crippen LogP contribution in [0.5, 0.6) is 5.75 Å². The van der Waals surface area contributed by atoms with Crippen molar-refractivity contribution >= 4 is 11.6 Å². The number of nitrogens with one attached hydrogen (secondary N) is 1. The Kier molecular flexibility index (Phi) is 4.44. The number of para-hydroxylation sites is 2. The third kappa shape index (κ3) is 3.08. The van der Waals surface area contributed by atoms with Gasteiger partial charge < -0.3 is 14.6 Å². The second kappa shape index (κ2) is 7.04. The summed E-state index contributed by atoms with van der Waals surface area (Å²) in [5, 5.41) is 3.01. The number of amides is 1. The minimum absolute atomic E-state index is 0.195. The van der Waals surface area contributed by atoms with Crippen LogP contribution in [0.15, 0.2) is 54.7 Å². The first-order chi connectivity index (χ1) is 12.8. The van der Waals surface area contributed by atoms with Gasteiger partial charge >= 0.3 is 0 Å². The third-order valence-corrected chi connectivity index (χ3v) is 4.71. The van der Waals surface area contributed by atoms with Gasteiger partial charge in [0.1, 0.15) is 11.6 Å². The summed E-state index contributed by atoms with van der Waals surface area (Å²) in [4.78, 5) is 17.5. The van der Waals surface area contributed by atoms with Crippen molar-refractivity contribution in [1.82, 2.24) is 9.55 Å². The molecule has 0 aliphatic carbocycles. The quantitative estimate of drug-likeness (QED) is 0.771. The lowest BCUT2D eigenvalue weighted by Crippen LogP contribution is -2.13. The van der Waals surface area contributed by atoms with Gasteiger partial charge in [0.15, 0.2) is 0 Å². The maximum atomic E-state index is 12.8. The largest absolute Gasteiger partial charge is 0.496 e. The van der Waals surface area contributed by atoms with Gasteiger partial charge in [-0.05, 0) is 31.0 Å². The molecule has 0 fully saturated rings. The van der Waals surface area contributed by atoms with Crippen molar-refractivity contribution in [3.63, 3.8) is 0 Å². The highest BCUT2D eigenvalue weighted by Gasteiger charge is 2.17. The molecule has 0 spiro atoms. The number of ether oxygens (including phenoxy) is 1. The smallest absolute Gasteiger partial charge is 0.259 e. The van der Waals surface area contributed by atoms with Gasteiger partial charge in [-0.1, -0.05) is 30.3 Å². The molecule has 2 aromatic carbocycles. The molecule has 0 radical (unpaired) electrons. The molecule has 0 saturated heterocycles. The van der Waals surface area contributed by atoms with Gasteiger partial charge in [0, 0.05) is 24.7 Å². The van der Waals surface area contributed by atoms with Crippen molar-refractivity contribution < 1.29 is 9.53 Å². The number of fused-ring (bicyclic) bond motifs is 1. The van der Waals surface area contributed by atoms with Crippen LogP contribution >= 0.6 is 0 Å². The molecule has 3 aromatic rings. The zero-order valence-corrected chi connectivity index (χ0v) is 14.7. The third-order valence-electron chi connectivity index (χ3n) is 4.71. The van der Waals surface area contributed by atoms with E-state index in [-0.39, 0.29) is 5.91 Å². The molecule has 1 N–H and O–H groups in total. The fourth-order valence-electron chi connectivity index (χ4n) is 3.38. The van der Waals surface area contributed by atoms with E-state index in [2.05, 4.69) is 16.1 Å². The van der Waals surface area contributed by atoms with E-state index in [4.69, 9.17) is 9.72 Å². The number of hydrogen-bond acceptors (Lipinski definition) is 3. The number of carbonyl (C=O) groups is 1. The molecule has 0 unspecified atom stereocenters. The van der Waals surface area contributed by atoms with E-state index in [0.717, 1.165) is 35.7 Å². The molecule has 0 bridgehead atoms. The summed E-state index contributed by atoms with van der Waals surface area (Å²) >= 11 is 0. The molecule has 1 amide bonds. The van der Waals surface area contributed by atoms with Gasteiger partial charge in [0.05, 0.1) is 24.1 Å². The van der Waals surface area contributed by atoms with Crippen LogP contribution in [-0.4, -0.2) is 22.6 Å². The molecule has 26 heavy (non-hydrogen) atoms. The standard InChI is InChI=1S/C21H21N3O2/c1-26-19-11-5-3-9-16(19)21(25)23-17-10-4-2-8-15(17)18-14-24-13-7-6-12-20(24)22-18/h2-5,8-11,14H,6-7,12-13H2,1H3,(H,23,25). The number of rotatable bonds is 4. The lowest BCUT2D eigenvalue weighted by atomic mass is 10.1. The Morgan fingerprint density at radius 1 is 1.12 bits per heavy atom. The Morgan fingerprint density at radius 3 is 2.77 bits per heavy atom. The van der Waals surface area contributed by atoms with Gasteiger partial charge in [-0.25, -0.2) is 4.98 Å². The molecule has 2 heterocycles. The van der Waals surface area contributed by atoms with Crippen LogP contribution in [-0.2, 0) is 13.0 Å². The van der Waals surface area contributed by atoms with Crippen LogP contribution in [0.1, 0.15) is 29.0 Å². The average Bonchev–Trinajstić information content (AvgIpc) is 3.12. The molecule has 5 heteroatoms. The van der Waals surface area contributed by atoms with Crippen LogP contribution in [0, 0.1) is 0 Å². The Bertz CT molecular complexity index is 922. The van der Waals surface area contributed by atoms with E-state index >= 15 is 0 Å². The number of carbonyl (C=O) groups excluding carboxylic acids is 1. The predicted molar refractivity (Wildman–Crippen MR) is 102 cm³/mol. The number of hydrogen-bond donors (Lipinski definition) is 1. The summed E-state index contributed by atoms with van der Waals surface area (Å²) in [5.41, 5.74) is 3.09. The number of anilines is 1. The summed E-state index contributed by atoms with van der Waals surface area (Å²) in [6, 6.07) is 15.0. The van der Waals surface area contributed by atoms with E-state index in [1.165, 1.54) is 12.8 Å². The van der Waals surface area contributed by atoms with Crippen LogP contribution in [0.4, 0.5) is 5.69 Å². The fourth-order valence-corrected chi connectivity index (χ4v) is 3.38. The number of nitrogens with zero attached hydrogens (tertiary/aromatic N) is 2. The molecular formula is C21H21N3O2. The normalized spacial score (nSPS) is 13.1. The highest BCUT2D eigenvalue weighted by Crippen LogP contribution is 2.30. The van der Waals surface area contributed by atoms with Crippen molar-refractivity contribution in [2.45, 2.75) is 25.8 Å². The van der Waals surface area contributed by atoms with Crippen molar-refractivity contribution in [2.24, 2.45) is 0 Å². The van der Waals surface area contributed by atoms with Crippen LogP contribution in [0.3, 0.4) is 0 Å². The lowest BCUT2D eigenvalue weighted by molar-refractivity contribution is 0.102. The van der Waals surface area contributed by atoms with E-state index in [9.17, 15) is 4.79 Å². The molecule has 132 valence electrons. The average molecular weight is 347 g/mol. The van der Waals surface area contributed by atoms with Crippen molar-refractivity contribution in [3.8, 4) is 17.0 Å². The van der Waals surface area contributed by atoms with E-state index in [1.54, 1.807) is 19.2 Å². The summed E-state index contributed by atoms with van der Waals surface area (Å²) < 4.78 is 7.52. The summed E-state index contributed by atoms with van der Waals surface area (Å²) in [6.07, 6.45) is 5.47. The highest BCUT2D eigenvalue weighted by molar-refractivity contribution is 6.07. The Balaban J connectivity index is 1.66. The predicted octanol–water partition coefficient (Wildman–Crippen LogP) is 4.15. The van der Waals surface area contributed by atoms with Crippen molar-refractivity contribution in [2.75, 3.05) is 12.4 Å². The summed E-state index contributed by atoms with van der Waals surface area (Å²) in [5.74, 6) is 1.48. The van der Waals surface area contributed by atoms with Crippen molar-refractivity contribution in [3.05, 3.63) is 66.1 Å². The minimum atomic E-state index is -0.195. The van der Waals surface area contributed by atoms with Crippen LogP contribution in [0.2, 0.25) is 0 Å². The molecule has 0 atom stereocenters. The van der Waals surface area contributed by atoms with Gasteiger partial charge in [-0.3, -0.25) is 4.79 Å². The molecule has 1 aromatic heterocycles. The number of aromatic nitrogens is 2. The van der Waals surface area contributed by atoms with Gasteiger partial charge in [0.2, 0.25) is 0 Å². The van der Waals surface area contributed by atoms with Crippen molar-refractivity contribution in [1.29, 1.82) is 0 Å². The monoisotopic (exact) mass is 347 g/mol.